The smallest absolute Gasteiger partial charge is 0.255 e. The van der Waals surface area contributed by atoms with Crippen molar-refractivity contribution in [3.05, 3.63) is 36.3 Å². The average Bonchev–Trinajstić information content (AvgIpc) is 3.46. The molecule has 8 heteroatoms. The first-order chi connectivity index (χ1) is 14.5. The van der Waals surface area contributed by atoms with Crippen molar-refractivity contribution in [2.75, 3.05) is 6.61 Å². The van der Waals surface area contributed by atoms with Crippen LogP contribution in [0.3, 0.4) is 0 Å². The van der Waals surface area contributed by atoms with E-state index >= 15 is 0 Å². The van der Waals surface area contributed by atoms with Crippen LogP contribution in [0.1, 0.15) is 55.1 Å². The van der Waals surface area contributed by atoms with Gasteiger partial charge in [-0.25, -0.2) is 9.97 Å². The largest absolute Gasteiger partial charge is 0.388 e. The van der Waals surface area contributed by atoms with Gasteiger partial charge >= 0.3 is 0 Å². The van der Waals surface area contributed by atoms with E-state index in [0.29, 0.717) is 42.4 Å². The third-order valence-corrected chi connectivity index (χ3v) is 7.59. The number of nitrogens with zero attached hydrogens (tertiary/aromatic N) is 3. The molecule has 31 heavy (non-hydrogen) atoms. The molecule has 2 aromatic rings. The van der Waals surface area contributed by atoms with Crippen LogP contribution in [0.4, 0.5) is 0 Å². The number of nitrogens with one attached hydrogen (secondary N) is 1. The SMILES string of the molecule is C=CC[C@](C)(O)[C@H](C)NC(=O)c1cn(COCC[Si](C)(C)C)c2ncc(C3CC3)nc12. The number of ether oxygens (including phenoxy) is 1. The number of fused-ring (bicyclic) bond motifs is 1. The molecule has 2 atom stereocenters. The van der Waals surface area contributed by atoms with Gasteiger partial charge < -0.3 is 19.7 Å². The fourth-order valence-corrected chi connectivity index (χ4v) is 4.10. The number of hydrogen-bond donors (Lipinski definition) is 2. The summed E-state index contributed by atoms with van der Waals surface area (Å²) in [6.07, 6.45) is 7.84. The molecular formula is C23H36N4O3Si. The first-order valence-corrected chi connectivity index (χ1v) is 14.8. The molecule has 0 radical (unpaired) electrons. The lowest BCUT2D eigenvalue weighted by molar-refractivity contribution is 0.0271. The number of hydrogen-bond acceptors (Lipinski definition) is 5. The molecule has 0 unspecified atom stereocenters. The van der Waals surface area contributed by atoms with Gasteiger partial charge in [0.05, 0.1) is 29.1 Å². The van der Waals surface area contributed by atoms with E-state index in [1.165, 1.54) is 0 Å². The molecule has 2 N–H and O–H groups in total. The molecular weight excluding hydrogens is 408 g/mol. The molecule has 0 spiro atoms. The second kappa shape index (κ2) is 9.22. The molecule has 0 aliphatic heterocycles. The van der Waals surface area contributed by atoms with Crippen LogP contribution in [0, 0.1) is 0 Å². The van der Waals surface area contributed by atoms with E-state index in [1.807, 2.05) is 10.8 Å². The lowest BCUT2D eigenvalue weighted by atomic mass is 9.94. The highest BCUT2D eigenvalue weighted by atomic mass is 28.3. The number of aromatic nitrogens is 3. The number of aliphatic hydroxyl groups is 1. The predicted molar refractivity (Wildman–Crippen MR) is 126 cm³/mol. The van der Waals surface area contributed by atoms with Gasteiger partial charge in [0.25, 0.3) is 5.91 Å². The third-order valence-electron chi connectivity index (χ3n) is 5.89. The Labute approximate surface area is 185 Å². The number of rotatable bonds is 11. The second-order valence-electron chi connectivity index (χ2n) is 10.1. The van der Waals surface area contributed by atoms with E-state index in [9.17, 15) is 9.90 Å². The van der Waals surface area contributed by atoms with Crippen molar-refractivity contribution in [3.8, 4) is 0 Å². The molecule has 1 amide bonds. The van der Waals surface area contributed by atoms with Crippen molar-refractivity contribution in [1.82, 2.24) is 19.9 Å². The molecule has 170 valence electrons. The van der Waals surface area contributed by atoms with Crippen molar-refractivity contribution in [2.45, 2.75) is 83.1 Å². The lowest BCUT2D eigenvalue weighted by Gasteiger charge is -2.29. The summed E-state index contributed by atoms with van der Waals surface area (Å²) in [7, 11) is -1.18. The Morgan fingerprint density at radius 3 is 2.81 bits per heavy atom. The van der Waals surface area contributed by atoms with Crippen molar-refractivity contribution in [2.24, 2.45) is 0 Å². The van der Waals surface area contributed by atoms with E-state index < -0.39 is 19.7 Å². The van der Waals surface area contributed by atoms with Gasteiger partial charge in [-0.1, -0.05) is 25.7 Å². The standard InChI is InChI=1S/C23H36N4O3Si/c1-7-10-23(3,29)16(2)25-22(28)18-14-27(15-30-11-12-31(4,5)6)21-20(18)26-19(13-24-21)17-8-9-17/h7,13-14,16-17,29H,1,8-12,15H2,2-6H3,(H,25,28)/t16-,23-/m0/s1. The maximum absolute atomic E-state index is 13.1. The van der Waals surface area contributed by atoms with Gasteiger partial charge in [0, 0.05) is 26.8 Å². The average molecular weight is 445 g/mol. The van der Waals surface area contributed by atoms with Gasteiger partial charge in [0.2, 0.25) is 0 Å². The van der Waals surface area contributed by atoms with Crippen LogP contribution >= 0.6 is 0 Å². The van der Waals surface area contributed by atoms with Crippen LogP contribution < -0.4 is 5.32 Å². The van der Waals surface area contributed by atoms with Gasteiger partial charge in [-0.15, -0.1) is 6.58 Å². The Bertz CT molecular complexity index is 944. The van der Waals surface area contributed by atoms with Gasteiger partial charge in [0.15, 0.2) is 5.65 Å². The Hall–Kier alpha value is -2.03. The molecule has 0 aromatic carbocycles. The Balaban J connectivity index is 1.84. The van der Waals surface area contributed by atoms with Crippen molar-refractivity contribution in [3.63, 3.8) is 0 Å². The van der Waals surface area contributed by atoms with Crippen molar-refractivity contribution >= 4 is 25.1 Å². The molecule has 0 bridgehead atoms. The number of amides is 1. The summed E-state index contributed by atoms with van der Waals surface area (Å²) in [6.45, 7) is 15.1. The quantitative estimate of drug-likeness (QED) is 0.310. The van der Waals surface area contributed by atoms with E-state index in [4.69, 9.17) is 9.72 Å². The molecule has 0 saturated heterocycles. The van der Waals surface area contributed by atoms with Gasteiger partial charge in [0.1, 0.15) is 12.2 Å². The summed E-state index contributed by atoms with van der Waals surface area (Å²) in [5.74, 6) is 0.168. The number of carbonyl (C=O) groups excluding carboxylic acids is 1. The van der Waals surface area contributed by atoms with Crippen LogP contribution in [0.5, 0.6) is 0 Å². The highest BCUT2D eigenvalue weighted by Crippen LogP contribution is 2.39. The molecule has 1 fully saturated rings. The minimum atomic E-state index is -1.18. The van der Waals surface area contributed by atoms with Gasteiger partial charge in [-0.3, -0.25) is 4.79 Å². The van der Waals surface area contributed by atoms with Gasteiger partial charge in [-0.2, -0.15) is 0 Å². The monoisotopic (exact) mass is 444 g/mol. The van der Waals surface area contributed by atoms with E-state index in [1.54, 1.807) is 26.1 Å². The maximum Gasteiger partial charge on any atom is 0.255 e. The predicted octanol–water partition coefficient (Wildman–Crippen LogP) is 4.07. The van der Waals surface area contributed by atoms with Crippen LogP contribution in [-0.4, -0.2) is 51.9 Å². The zero-order valence-corrected chi connectivity index (χ0v) is 20.4. The summed E-state index contributed by atoms with van der Waals surface area (Å²) < 4.78 is 7.75. The minimum absolute atomic E-state index is 0.273. The molecule has 7 nitrogen and oxygen atoms in total. The summed E-state index contributed by atoms with van der Waals surface area (Å²) in [6, 6.07) is 0.622. The topological polar surface area (TPSA) is 89.3 Å². The zero-order chi connectivity index (χ0) is 22.8. The third kappa shape index (κ3) is 6.02. The fraction of sp³-hybridized carbons (Fsp3) is 0.609. The van der Waals surface area contributed by atoms with E-state index in [-0.39, 0.29) is 5.91 Å². The van der Waals surface area contributed by atoms with Gasteiger partial charge in [-0.05, 0) is 39.2 Å². The second-order valence-corrected chi connectivity index (χ2v) is 15.8. The molecule has 1 saturated carbocycles. The van der Waals surface area contributed by atoms with Crippen molar-refractivity contribution in [1.29, 1.82) is 0 Å². The Morgan fingerprint density at radius 1 is 1.48 bits per heavy atom. The molecule has 2 aromatic heterocycles. The fourth-order valence-electron chi connectivity index (χ4n) is 3.35. The molecule has 1 aliphatic carbocycles. The normalized spacial score (nSPS) is 17.4. The van der Waals surface area contributed by atoms with Crippen LogP contribution in [0.15, 0.2) is 25.0 Å². The van der Waals surface area contributed by atoms with E-state index in [0.717, 1.165) is 24.6 Å². The Morgan fingerprint density at radius 2 is 2.19 bits per heavy atom. The highest BCUT2D eigenvalue weighted by molar-refractivity contribution is 6.76. The highest BCUT2D eigenvalue weighted by Gasteiger charge is 2.31. The van der Waals surface area contributed by atoms with Crippen molar-refractivity contribution < 1.29 is 14.6 Å². The van der Waals surface area contributed by atoms with E-state index in [2.05, 4.69) is 36.5 Å². The molecule has 2 heterocycles. The first kappa shape index (κ1) is 23.6. The first-order valence-electron chi connectivity index (χ1n) is 11.1. The summed E-state index contributed by atoms with van der Waals surface area (Å²) in [4.78, 5) is 22.5. The van der Waals surface area contributed by atoms with Crippen LogP contribution in [0.2, 0.25) is 25.7 Å². The summed E-state index contributed by atoms with van der Waals surface area (Å²) in [5, 5.41) is 13.5. The summed E-state index contributed by atoms with van der Waals surface area (Å²) in [5.41, 5.74) is 1.55. The van der Waals surface area contributed by atoms with Crippen LogP contribution in [0.25, 0.3) is 11.2 Å². The maximum atomic E-state index is 13.1. The molecule has 3 rings (SSSR count). The van der Waals surface area contributed by atoms with Crippen LogP contribution in [-0.2, 0) is 11.5 Å². The number of carbonyl (C=O) groups is 1. The minimum Gasteiger partial charge on any atom is -0.388 e. The lowest BCUT2D eigenvalue weighted by Crippen LogP contribution is -2.48. The zero-order valence-electron chi connectivity index (χ0n) is 19.4. The summed E-state index contributed by atoms with van der Waals surface area (Å²) >= 11 is 0. The molecule has 1 aliphatic rings. The Kier molecular flexibility index (Phi) is 7.03.